The molecule has 1 aromatic heterocycles. The average Bonchev–Trinajstić information content (AvgIpc) is 2.15. The van der Waals surface area contributed by atoms with Crippen molar-refractivity contribution in [3.8, 4) is 5.88 Å². The van der Waals surface area contributed by atoms with Crippen LogP contribution in [0.1, 0.15) is 17.7 Å². The van der Waals surface area contributed by atoms with Gasteiger partial charge in [-0.15, -0.1) is 0 Å². The lowest BCUT2D eigenvalue weighted by Crippen LogP contribution is -2.04. The molecule has 0 aliphatic carbocycles. The summed E-state index contributed by atoms with van der Waals surface area (Å²) in [4.78, 5) is 3.05. The number of methoxy groups -OCH3 is 1. The van der Waals surface area contributed by atoms with Crippen LogP contribution in [0.25, 0.3) is 0 Å². The summed E-state index contributed by atoms with van der Waals surface area (Å²) in [7, 11) is 2.20. The van der Waals surface area contributed by atoms with Crippen molar-refractivity contribution in [2.45, 2.75) is 18.2 Å². The molecule has 4 nitrogen and oxygen atoms in total. The minimum Gasteiger partial charge on any atom is -0.481 e. The van der Waals surface area contributed by atoms with Crippen LogP contribution in [0.4, 0.5) is 8.78 Å². The number of rotatable bonds is 3. The Labute approximate surface area is 95.6 Å². The molecule has 0 spiro atoms. The van der Waals surface area contributed by atoms with Crippen LogP contribution in [0.15, 0.2) is 11.0 Å². The van der Waals surface area contributed by atoms with Gasteiger partial charge in [-0.25, -0.2) is 22.2 Å². The smallest absolute Gasteiger partial charge is 0.280 e. The molecule has 0 unspecified atom stereocenters. The Bertz CT molecular complexity index is 504. The topological polar surface area (TPSA) is 56.3 Å². The maximum absolute atomic E-state index is 12.6. The first kappa shape index (κ1) is 13.1. The van der Waals surface area contributed by atoms with Crippen molar-refractivity contribution < 1.29 is 21.9 Å². The van der Waals surface area contributed by atoms with E-state index in [0.29, 0.717) is 0 Å². The number of pyridine rings is 1. The third-order valence-electron chi connectivity index (χ3n) is 1.92. The second-order valence-electron chi connectivity index (χ2n) is 2.91. The van der Waals surface area contributed by atoms with E-state index in [-0.39, 0.29) is 11.4 Å². The monoisotopic (exact) mass is 271 g/mol. The van der Waals surface area contributed by atoms with Crippen molar-refractivity contribution in [1.82, 2.24) is 4.98 Å². The summed E-state index contributed by atoms with van der Waals surface area (Å²) < 4.78 is 52.0. The summed E-state index contributed by atoms with van der Waals surface area (Å²) in [5.74, 6) is -0.222. The summed E-state index contributed by atoms with van der Waals surface area (Å²) in [6.45, 7) is 1.21. The highest BCUT2D eigenvalue weighted by Crippen LogP contribution is 2.30. The van der Waals surface area contributed by atoms with Gasteiger partial charge in [0.05, 0.1) is 12.0 Å². The molecule has 1 heterocycles. The van der Waals surface area contributed by atoms with Crippen molar-refractivity contribution in [2.24, 2.45) is 0 Å². The molecule has 1 rings (SSSR count). The lowest BCUT2D eigenvalue weighted by atomic mass is 10.2. The third-order valence-corrected chi connectivity index (χ3v) is 3.37. The quantitative estimate of drug-likeness (QED) is 0.792. The molecular weight excluding hydrogens is 264 g/mol. The first-order valence-corrected chi connectivity index (χ1v) is 6.36. The highest BCUT2D eigenvalue weighted by molar-refractivity contribution is 8.13. The summed E-state index contributed by atoms with van der Waals surface area (Å²) >= 11 is 0. The van der Waals surface area contributed by atoms with Gasteiger partial charge in [0.15, 0.2) is 0 Å². The molecule has 0 aliphatic heterocycles. The molecule has 1 aromatic rings. The van der Waals surface area contributed by atoms with Gasteiger partial charge in [0.1, 0.15) is 5.69 Å². The lowest BCUT2D eigenvalue weighted by Gasteiger charge is -2.09. The Morgan fingerprint density at radius 2 is 2.06 bits per heavy atom. The van der Waals surface area contributed by atoms with Crippen LogP contribution in [0.3, 0.4) is 0 Å². The van der Waals surface area contributed by atoms with Crippen molar-refractivity contribution in [3.05, 3.63) is 17.3 Å². The van der Waals surface area contributed by atoms with Gasteiger partial charge in [0.2, 0.25) is 5.88 Å². The molecule has 0 saturated carbocycles. The fourth-order valence-electron chi connectivity index (χ4n) is 1.15. The number of aromatic nitrogens is 1. The zero-order valence-electron chi connectivity index (χ0n) is 8.37. The summed E-state index contributed by atoms with van der Waals surface area (Å²) in [5.41, 5.74) is -0.829. The van der Waals surface area contributed by atoms with Crippen molar-refractivity contribution in [2.75, 3.05) is 7.11 Å². The third kappa shape index (κ3) is 2.59. The number of halogens is 3. The van der Waals surface area contributed by atoms with Crippen molar-refractivity contribution in [3.63, 3.8) is 0 Å². The van der Waals surface area contributed by atoms with Gasteiger partial charge < -0.3 is 4.74 Å². The van der Waals surface area contributed by atoms with E-state index in [4.69, 9.17) is 10.7 Å². The predicted molar refractivity (Wildman–Crippen MR) is 53.5 cm³/mol. The second-order valence-corrected chi connectivity index (χ2v) is 5.45. The summed E-state index contributed by atoms with van der Waals surface area (Å²) in [5, 5.41) is 0. The number of hydrogen-bond donors (Lipinski definition) is 0. The first-order chi connectivity index (χ1) is 7.27. The Balaban J connectivity index is 3.56. The van der Waals surface area contributed by atoms with E-state index in [9.17, 15) is 17.2 Å². The Morgan fingerprint density at radius 3 is 2.44 bits per heavy atom. The molecule has 0 atom stereocenters. The number of nitrogens with zero attached hydrogens (tertiary/aromatic N) is 1. The lowest BCUT2D eigenvalue weighted by molar-refractivity contribution is 0.143. The second kappa shape index (κ2) is 4.50. The molecule has 0 radical (unpaired) electrons. The van der Waals surface area contributed by atoms with Crippen LogP contribution in [0.5, 0.6) is 5.88 Å². The van der Waals surface area contributed by atoms with E-state index in [2.05, 4.69) is 9.72 Å². The first-order valence-electron chi connectivity index (χ1n) is 4.05. The highest BCUT2D eigenvalue weighted by Gasteiger charge is 2.23. The molecule has 8 heteroatoms. The summed E-state index contributed by atoms with van der Waals surface area (Å²) in [6, 6.07) is 1.00. The molecule has 90 valence electrons. The van der Waals surface area contributed by atoms with E-state index in [1.54, 1.807) is 0 Å². The molecule has 0 amide bonds. The van der Waals surface area contributed by atoms with Gasteiger partial charge in [-0.1, -0.05) is 0 Å². The van der Waals surface area contributed by atoms with Crippen LogP contribution in [-0.4, -0.2) is 20.5 Å². The van der Waals surface area contributed by atoms with E-state index < -0.39 is 26.1 Å². The molecule has 16 heavy (non-hydrogen) atoms. The normalized spacial score (nSPS) is 11.9. The average molecular weight is 272 g/mol. The minimum absolute atomic E-state index is 0.175. The Hall–Kier alpha value is -0.950. The van der Waals surface area contributed by atoms with Crippen LogP contribution in [0.2, 0.25) is 0 Å². The van der Waals surface area contributed by atoms with Gasteiger partial charge >= 0.3 is 0 Å². The molecule has 0 N–H and O–H groups in total. The van der Waals surface area contributed by atoms with Gasteiger partial charge in [-0.05, 0) is 12.5 Å². The maximum Gasteiger partial charge on any atom is 0.280 e. The van der Waals surface area contributed by atoms with E-state index in [1.807, 2.05) is 0 Å². The van der Waals surface area contributed by atoms with Crippen LogP contribution < -0.4 is 4.74 Å². The fourth-order valence-corrected chi connectivity index (χ4v) is 2.34. The van der Waals surface area contributed by atoms with Crippen molar-refractivity contribution in [1.29, 1.82) is 0 Å². The largest absolute Gasteiger partial charge is 0.481 e. The van der Waals surface area contributed by atoms with Gasteiger partial charge in [0.25, 0.3) is 15.5 Å². The fraction of sp³-hybridized carbons (Fsp3) is 0.375. The molecule has 0 fully saturated rings. The highest BCUT2D eigenvalue weighted by atomic mass is 35.7. The number of ether oxygens (including phenoxy) is 1. The van der Waals surface area contributed by atoms with E-state index in [1.165, 1.54) is 14.0 Å². The Kier molecular flexibility index (Phi) is 3.69. The SMILES string of the molecule is COc1cc(S(=O)(=O)Cl)c(C)c(C(F)F)n1. The van der Waals surface area contributed by atoms with Crippen LogP contribution >= 0.6 is 10.7 Å². The van der Waals surface area contributed by atoms with Crippen LogP contribution in [-0.2, 0) is 9.05 Å². The zero-order chi connectivity index (χ0) is 12.5. The standard InChI is InChI=1S/C8H8ClF2NO3S/c1-4-5(16(9,13)14)3-6(15-2)12-7(4)8(10)11/h3,8H,1-2H3. The molecular formula is C8H8ClF2NO3S. The van der Waals surface area contributed by atoms with Gasteiger partial charge in [-0.3, -0.25) is 0 Å². The van der Waals surface area contributed by atoms with Crippen molar-refractivity contribution >= 4 is 19.7 Å². The molecule has 0 bridgehead atoms. The van der Waals surface area contributed by atoms with E-state index in [0.717, 1.165) is 6.07 Å². The molecule has 0 saturated heterocycles. The van der Waals surface area contributed by atoms with Gasteiger partial charge in [0, 0.05) is 16.7 Å². The maximum atomic E-state index is 12.6. The number of hydrogen-bond acceptors (Lipinski definition) is 4. The van der Waals surface area contributed by atoms with Crippen LogP contribution in [0, 0.1) is 6.92 Å². The number of alkyl halides is 2. The summed E-state index contributed by atoms with van der Waals surface area (Å²) in [6.07, 6.45) is -2.90. The molecule has 0 aliphatic rings. The zero-order valence-corrected chi connectivity index (χ0v) is 9.94. The Morgan fingerprint density at radius 1 is 1.50 bits per heavy atom. The molecule has 0 aromatic carbocycles. The predicted octanol–water partition coefficient (Wildman–Crippen LogP) is 2.26. The minimum atomic E-state index is -4.10. The van der Waals surface area contributed by atoms with E-state index >= 15 is 0 Å². The van der Waals surface area contributed by atoms with Gasteiger partial charge in [-0.2, -0.15) is 0 Å².